The van der Waals surface area contributed by atoms with E-state index < -0.39 is 0 Å². The highest BCUT2D eigenvalue weighted by Crippen LogP contribution is 2.34. The first-order chi connectivity index (χ1) is 9.73. The van der Waals surface area contributed by atoms with Gasteiger partial charge >= 0.3 is 0 Å². The maximum atomic E-state index is 6.19. The molecule has 3 rings (SSSR count). The van der Waals surface area contributed by atoms with Crippen LogP contribution in [-0.2, 0) is 4.74 Å². The molecule has 116 valence electrons. The molecule has 2 N–H and O–H groups in total. The van der Waals surface area contributed by atoms with Crippen LogP contribution in [0.25, 0.3) is 0 Å². The second-order valence-electron chi connectivity index (χ2n) is 7.05. The summed E-state index contributed by atoms with van der Waals surface area (Å²) in [6.07, 6.45) is 8.12. The first-order valence-electron chi connectivity index (χ1n) is 8.54. The Balaban J connectivity index is 1.62. The molecule has 3 atom stereocenters. The summed E-state index contributed by atoms with van der Waals surface area (Å²) in [6, 6.07) is 0.775. The highest BCUT2D eigenvalue weighted by molar-refractivity contribution is 5.00. The van der Waals surface area contributed by atoms with E-state index in [9.17, 15) is 0 Å². The first-order valence-corrected chi connectivity index (χ1v) is 8.54. The number of nitrogens with zero attached hydrogens (tertiary/aromatic N) is 2. The number of likely N-dealkylation sites (tertiary alicyclic amines) is 2. The van der Waals surface area contributed by atoms with Gasteiger partial charge < -0.3 is 10.5 Å². The summed E-state index contributed by atoms with van der Waals surface area (Å²) in [5.74, 6) is 0. The average Bonchev–Trinajstić information content (AvgIpc) is 2.98. The van der Waals surface area contributed by atoms with Gasteiger partial charge in [0.2, 0.25) is 0 Å². The zero-order chi connectivity index (χ0) is 14.0. The summed E-state index contributed by atoms with van der Waals surface area (Å²) in [6.45, 7) is 8.94. The van der Waals surface area contributed by atoms with Crippen LogP contribution in [0.2, 0.25) is 0 Å². The summed E-state index contributed by atoms with van der Waals surface area (Å²) < 4.78 is 5.75. The third-order valence-corrected chi connectivity index (χ3v) is 5.76. The lowest BCUT2D eigenvalue weighted by atomic mass is 9.85. The van der Waals surface area contributed by atoms with Crippen molar-refractivity contribution in [2.75, 3.05) is 39.3 Å². The van der Waals surface area contributed by atoms with E-state index in [0.717, 1.165) is 32.0 Å². The van der Waals surface area contributed by atoms with Crippen molar-refractivity contribution < 1.29 is 4.74 Å². The molecule has 0 amide bonds. The van der Waals surface area contributed by atoms with Crippen LogP contribution in [0.1, 0.15) is 45.4 Å². The molecule has 0 aromatic carbocycles. The molecule has 0 aromatic heterocycles. The van der Waals surface area contributed by atoms with Crippen molar-refractivity contribution in [1.82, 2.24) is 9.80 Å². The van der Waals surface area contributed by atoms with Gasteiger partial charge in [-0.05, 0) is 52.1 Å². The van der Waals surface area contributed by atoms with E-state index in [1.54, 1.807) is 0 Å². The van der Waals surface area contributed by atoms with E-state index in [4.69, 9.17) is 10.5 Å². The van der Waals surface area contributed by atoms with E-state index >= 15 is 0 Å². The molecular formula is C16H31N3O. The van der Waals surface area contributed by atoms with Crippen molar-refractivity contribution in [2.45, 2.75) is 63.1 Å². The van der Waals surface area contributed by atoms with Gasteiger partial charge in [0.25, 0.3) is 0 Å². The standard InChI is InChI=1S/C16H31N3O/c1-14-11-16(13-17,6-10-20-14)19-9-5-15(12-19)18-7-3-2-4-8-18/h14-15H,2-13,17H2,1H3. The fourth-order valence-corrected chi connectivity index (χ4v) is 4.50. The Morgan fingerprint density at radius 1 is 1.20 bits per heavy atom. The van der Waals surface area contributed by atoms with Gasteiger partial charge in [-0.3, -0.25) is 9.80 Å². The summed E-state index contributed by atoms with van der Waals surface area (Å²) in [4.78, 5) is 5.43. The molecule has 0 saturated carbocycles. The number of ether oxygens (including phenoxy) is 1. The van der Waals surface area contributed by atoms with E-state index in [2.05, 4.69) is 16.7 Å². The highest BCUT2D eigenvalue weighted by Gasteiger charge is 2.43. The SMILES string of the molecule is CC1CC(CN)(N2CCC(N3CCCCC3)C2)CCO1. The number of rotatable bonds is 3. The smallest absolute Gasteiger partial charge is 0.0565 e. The third-order valence-electron chi connectivity index (χ3n) is 5.76. The van der Waals surface area contributed by atoms with Crippen LogP contribution < -0.4 is 5.73 Å². The van der Waals surface area contributed by atoms with Crippen LogP contribution in [0.4, 0.5) is 0 Å². The Labute approximate surface area is 123 Å². The summed E-state index contributed by atoms with van der Waals surface area (Å²) in [5, 5.41) is 0. The van der Waals surface area contributed by atoms with Crippen molar-refractivity contribution in [3.63, 3.8) is 0 Å². The topological polar surface area (TPSA) is 41.7 Å². The molecule has 0 spiro atoms. The molecular weight excluding hydrogens is 250 g/mol. The molecule has 3 saturated heterocycles. The number of hydrogen-bond donors (Lipinski definition) is 1. The van der Waals surface area contributed by atoms with Gasteiger partial charge in [0.15, 0.2) is 0 Å². The van der Waals surface area contributed by atoms with Crippen LogP contribution in [0.15, 0.2) is 0 Å². The van der Waals surface area contributed by atoms with Crippen LogP contribution in [0.3, 0.4) is 0 Å². The molecule has 3 unspecified atom stereocenters. The van der Waals surface area contributed by atoms with Gasteiger partial charge in [0.05, 0.1) is 6.10 Å². The molecule has 0 aliphatic carbocycles. The second kappa shape index (κ2) is 6.30. The third kappa shape index (κ3) is 2.89. The Morgan fingerprint density at radius 2 is 2.00 bits per heavy atom. The molecule has 3 aliphatic heterocycles. The Kier molecular flexibility index (Phi) is 4.65. The zero-order valence-corrected chi connectivity index (χ0v) is 13.0. The summed E-state index contributed by atoms with van der Waals surface area (Å²) in [7, 11) is 0. The number of hydrogen-bond acceptors (Lipinski definition) is 4. The van der Waals surface area contributed by atoms with E-state index in [1.807, 2.05) is 0 Å². The van der Waals surface area contributed by atoms with Crippen LogP contribution in [0.5, 0.6) is 0 Å². The lowest BCUT2D eigenvalue weighted by Gasteiger charge is -2.46. The van der Waals surface area contributed by atoms with Crippen molar-refractivity contribution in [3.8, 4) is 0 Å². The van der Waals surface area contributed by atoms with Crippen molar-refractivity contribution >= 4 is 0 Å². The molecule has 3 fully saturated rings. The number of piperidine rings is 1. The van der Waals surface area contributed by atoms with Gasteiger partial charge in [0, 0.05) is 37.8 Å². The maximum absolute atomic E-state index is 6.19. The van der Waals surface area contributed by atoms with Crippen LogP contribution in [0, 0.1) is 0 Å². The largest absolute Gasteiger partial charge is 0.378 e. The fourth-order valence-electron chi connectivity index (χ4n) is 4.50. The normalized spacial score (nSPS) is 41.1. The summed E-state index contributed by atoms with van der Waals surface area (Å²) >= 11 is 0. The first kappa shape index (κ1) is 14.8. The predicted molar refractivity (Wildman–Crippen MR) is 81.8 cm³/mol. The lowest BCUT2D eigenvalue weighted by molar-refractivity contribution is -0.0586. The number of nitrogens with two attached hydrogens (primary N) is 1. The minimum Gasteiger partial charge on any atom is -0.378 e. The maximum Gasteiger partial charge on any atom is 0.0565 e. The molecule has 0 bridgehead atoms. The molecule has 0 radical (unpaired) electrons. The van der Waals surface area contributed by atoms with Gasteiger partial charge in [0.1, 0.15) is 0 Å². The minimum atomic E-state index is 0.211. The van der Waals surface area contributed by atoms with E-state index in [-0.39, 0.29) is 5.54 Å². The Morgan fingerprint density at radius 3 is 2.70 bits per heavy atom. The monoisotopic (exact) mass is 281 g/mol. The van der Waals surface area contributed by atoms with Gasteiger partial charge in [-0.2, -0.15) is 0 Å². The summed E-state index contributed by atoms with van der Waals surface area (Å²) in [5.41, 5.74) is 6.40. The van der Waals surface area contributed by atoms with Crippen LogP contribution in [-0.4, -0.2) is 66.8 Å². The van der Waals surface area contributed by atoms with Crippen molar-refractivity contribution in [2.24, 2.45) is 5.73 Å². The quantitative estimate of drug-likeness (QED) is 0.850. The molecule has 4 nitrogen and oxygen atoms in total. The molecule has 20 heavy (non-hydrogen) atoms. The fraction of sp³-hybridized carbons (Fsp3) is 1.00. The van der Waals surface area contributed by atoms with E-state index in [0.29, 0.717) is 6.10 Å². The van der Waals surface area contributed by atoms with Crippen molar-refractivity contribution in [3.05, 3.63) is 0 Å². The van der Waals surface area contributed by atoms with Gasteiger partial charge in [-0.25, -0.2) is 0 Å². The lowest BCUT2D eigenvalue weighted by Crippen LogP contribution is -2.58. The van der Waals surface area contributed by atoms with Crippen molar-refractivity contribution in [1.29, 1.82) is 0 Å². The Hall–Kier alpha value is -0.160. The minimum absolute atomic E-state index is 0.211. The molecule has 4 heteroatoms. The molecule has 0 aromatic rings. The van der Waals surface area contributed by atoms with Crippen LogP contribution >= 0.6 is 0 Å². The highest BCUT2D eigenvalue weighted by atomic mass is 16.5. The zero-order valence-electron chi connectivity index (χ0n) is 13.0. The van der Waals surface area contributed by atoms with Gasteiger partial charge in [-0.15, -0.1) is 0 Å². The molecule has 3 aliphatic rings. The predicted octanol–water partition coefficient (Wildman–Crippen LogP) is 1.44. The average molecular weight is 281 g/mol. The Bertz CT molecular complexity index is 319. The molecule has 3 heterocycles. The van der Waals surface area contributed by atoms with Gasteiger partial charge in [-0.1, -0.05) is 6.42 Å². The van der Waals surface area contributed by atoms with E-state index in [1.165, 1.54) is 51.9 Å². The second-order valence-corrected chi connectivity index (χ2v) is 7.05.